The molecule has 6 nitrogen and oxygen atoms in total. The Kier molecular flexibility index (Phi) is 5.41. The molecule has 1 heterocycles. The van der Waals surface area contributed by atoms with E-state index in [9.17, 15) is 19.2 Å². The van der Waals surface area contributed by atoms with Gasteiger partial charge >= 0.3 is 0 Å². The predicted molar refractivity (Wildman–Crippen MR) is 122 cm³/mol. The Labute approximate surface area is 192 Å². The van der Waals surface area contributed by atoms with Crippen molar-refractivity contribution in [2.24, 2.45) is 23.7 Å². The van der Waals surface area contributed by atoms with Gasteiger partial charge in [0.05, 0.1) is 12.1 Å². The Morgan fingerprint density at radius 1 is 1.18 bits per heavy atom. The number of nitrogens with one attached hydrogen (secondary N) is 3. The van der Waals surface area contributed by atoms with Gasteiger partial charge in [-0.1, -0.05) is 31.2 Å². The lowest BCUT2D eigenvalue weighted by atomic mass is 9.94. The quantitative estimate of drug-likeness (QED) is 0.635. The Morgan fingerprint density at radius 3 is 2.55 bits per heavy atom. The molecule has 2 bridgehead atoms. The molecule has 2 aromatic carbocycles. The summed E-state index contributed by atoms with van der Waals surface area (Å²) >= 11 is 0. The van der Waals surface area contributed by atoms with Crippen LogP contribution in [0.5, 0.6) is 0 Å². The zero-order valence-electron chi connectivity index (χ0n) is 18.6. The molecule has 3 N–H and O–H groups in total. The maximum Gasteiger partial charge on any atom is 0.238 e. The molecule has 0 radical (unpaired) electrons. The van der Waals surface area contributed by atoms with Crippen LogP contribution in [0.15, 0.2) is 42.5 Å². The predicted octanol–water partition coefficient (Wildman–Crippen LogP) is 3.24. The molecule has 2 aromatic rings. The number of carbonyl (C=O) groups excluding carboxylic acids is 2. The van der Waals surface area contributed by atoms with E-state index < -0.39 is 11.9 Å². The number of piperidine rings is 1. The van der Waals surface area contributed by atoms with Gasteiger partial charge in [0.15, 0.2) is 0 Å². The maximum absolute atomic E-state index is 14.9. The van der Waals surface area contributed by atoms with Gasteiger partial charge in [0.25, 0.3) is 0 Å². The molecule has 3 aliphatic rings. The number of benzene rings is 2. The fraction of sp³-hybridized carbons (Fsp3) is 0.423. The minimum absolute atomic E-state index is 0.110. The van der Waals surface area contributed by atoms with E-state index in [0.717, 1.165) is 12.0 Å². The maximum atomic E-state index is 14.9. The Morgan fingerprint density at radius 2 is 1.91 bits per heavy atom. The Balaban J connectivity index is 1.22. The standard InChI is InChI=1S/C26H27FN4O2/c1-13-23-20-11-22(24(13)23)31-25(20)26(33)30-19(12-28)9-17-4-3-16(10-21(17)27)15-5-7-18(8-6-15)29-14(2)32/h3-8,10,13,19-20,22-25,31H,9,11H2,1-2H3,(H,29,32)(H,30,33)/t13-,19-,20+,22-,23-,24+,25-/m0/s1. The highest BCUT2D eigenvalue weighted by Crippen LogP contribution is 2.64. The van der Waals surface area contributed by atoms with Crippen LogP contribution in [0.2, 0.25) is 0 Å². The van der Waals surface area contributed by atoms with Crippen LogP contribution in [0.3, 0.4) is 0 Å². The van der Waals surface area contributed by atoms with Crippen LogP contribution in [0.4, 0.5) is 10.1 Å². The molecule has 0 spiro atoms. The normalized spacial score (nSPS) is 29.6. The second-order valence-electron chi connectivity index (χ2n) is 9.62. The third-order valence-electron chi connectivity index (χ3n) is 7.60. The van der Waals surface area contributed by atoms with Crippen LogP contribution in [-0.2, 0) is 16.0 Å². The van der Waals surface area contributed by atoms with Crippen molar-refractivity contribution in [2.45, 2.75) is 44.8 Å². The number of anilines is 1. The van der Waals surface area contributed by atoms with Crippen LogP contribution in [-0.4, -0.2) is 29.9 Å². The summed E-state index contributed by atoms with van der Waals surface area (Å²) in [6, 6.07) is 13.5. The number of nitrogens with zero attached hydrogens (tertiary/aromatic N) is 1. The Bertz CT molecular complexity index is 1140. The van der Waals surface area contributed by atoms with E-state index in [1.807, 2.05) is 12.1 Å². The SMILES string of the molecule is CC(=O)Nc1ccc(-c2ccc(C[C@@H](C#N)NC(=O)[C@H]3N[C@H]4C[C@@H]3[C@@H]3[C@H](C)[C@@H]34)c(F)c2)cc1. The van der Waals surface area contributed by atoms with Gasteiger partial charge in [-0.2, -0.15) is 5.26 Å². The number of rotatable bonds is 6. The van der Waals surface area contributed by atoms with Crippen molar-refractivity contribution in [3.63, 3.8) is 0 Å². The van der Waals surface area contributed by atoms with Gasteiger partial charge in [-0.05, 0) is 65.0 Å². The molecule has 0 unspecified atom stereocenters. The highest BCUT2D eigenvalue weighted by atomic mass is 19.1. The first-order valence-electron chi connectivity index (χ1n) is 11.5. The molecule has 0 aromatic heterocycles. The van der Waals surface area contributed by atoms with Gasteiger partial charge in [-0.25, -0.2) is 4.39 Å². The van der Waals surface area contributed by atoms with Crippen molar-refractivity contribution in [1.82, 2.24) is 10.6 Å². The largest absolute Gasteiger partial charge is 0.339 e. The van der Waals surface area contributed by atoms with Gasteiger partial charge < -0.3 is 16.0 Å². The molecule has 2 aliphatic carbocycles. The van der Waals surface area contributed by atoms with E-state index in [4.69, 9.17) is 0 Å². The summed E-state index contributed by atoms with van der Waals surface area (Å²) in [7, 11) is 0. The van der Waals surface area contributed by atoms with Gasteiger partial charge in [0.1, 0.15) is 11.9 Å². The summed E-state index contributed by atoms with van der Waals surface area (Å²) in [6.07, 6.45) is 1.15. The van der Waals surface area contributed by atoms with Crippen LogP contribution in [0.25, 0.3) is 11.1 Å². The molecule has 1 saturated heterocycles. The summed E-state index contributed by atoms with van der Waals surface area (Å²) in [5.41, 5.74) is 2.57. The lowest BCUT2D eigenvalue weighted by Crippen LogP contribution is -2.51. The van der Waals surface area contributed by atoms with E-state index in [2.05, 4.69) is 28.9 Å². The summed E-state index contributed by atoms with van der Waals surface area (Å²) in [4.78, 5) is 24.0. The number of hydrogen-bond donors (Lipinski definition) is 3. The number of fused-ring (bicyclic) bond motifs is 5. The van der Waals surface area contributed by atoms with Crippen LogP contribution in [0.1, 0.15) is 25.8 Å². The molecule has 7 atom stereocenters. The van der Waals surface area contributed by atoms with Crippen molar-refractivity contribution in [3.05, 3.63) is 53.8 Å². The molecular weight excluding hydrogens is 419 g/mol. The zero-order chi connectivity index (χ0) is 23.3. The van der Waals surface area contributed by atoms with Crippen molar-refractivity contribution < 1.29 is 14.0 Å². The monoisotopic (exact) mass is 446 g/mol. The summed E-state index contributed by atoms with van der Waals surface area (Å²) < 4.78 is 14.9. The van der Waals surface area contributed by atoms with Gasteiger partial charge in [0.2, 0.25) is 11.8 Å². The first-order valence-corrected chi connectivity index (χ1v) is 11.5. The summed E-state index contributed by atoms with van der Waals surface area (Å²) in [5, 5.41) is 18.6. The topological polar surface area (TPSA) is 94.0 Å². The summed E-state index contributed by atoms with van der Waals surface area (Å²) in [5.74, 6) is 1.65. The third-order valence-corrected chi connectivity index (χ3v) is 7.60. The molecule has 5 rings (SSSR count). The average Bonchev–Trinajstić information content (AvgIpc) is 3.14. The van der Waals surface area contributed by atoms with E-state index in [1.165, 1.54) is 13.0 Å². The van der Waals surface area contributed by atoms with Crippen LogP contribution < -0.4 is 16.0 Å². The fourth-order valence-electron chi connectivity index (χ4n) is 6.06. The fourth-order valence-corrected chi connectivity index (χ4v) is 6.06. The smallest absolute Gasteiger partial charge is 0.238 e. The number of nitriles is 1. The van der Waals surface area contributed by atoms with E-state index in [0.29, 0.717) is 46.5 Å². The molecule has 2 saturated carbocycles. The van der Waals surface area contributed by atoms with Gasteiger partial charge in [-0.15, -0.1) is 0 Å². The summed E-state index contributed by atoms with van der Waals surface area (Å²) in [6.45, 7) is 3.69. The first kappa shape index (κ1) is 21.6. The van der Waals surface area contributed by atoms with E-state index in [-0.39, 0.29) is 24.3 Å². The van der Waals surface area contributed by atoms with Crippen molar-refractivity contribution in [1.29, 1.82) is 5.26 Å². The van der Waals surface area contributed by atoms with Gasteiger partial charge in [-0.3, -0.25) is 9.59 Å². The number of amides is 2. The molecule has 7 heteroatoms. The highest BCUT2D eigenvalue weighted by molar-refractivity contribution is 5.89. The lowest BCUT2D eigenvalue weighted by molar-refractivity contribution is -0.124. The number of halogens is 1. The molecule has 3 fully saturated rings. The number of hydrogen-bond acceptors (Lipinski definition) is 4. The highest BCUT2D eigenvalue weighted by Gasteiger charge is 2.67. The van der Waals surface area contributed by atoms with E-state index >= 15 is 0 Å². The second kappa shape index (κ2) is 8.27. The van der Waals surface area contributed by atoms with Crippen molar-refractivity contribution in [3.8, 4) is 17.2 Å². The van der Waals surface area contributed by atoms with Crippen LogP contribution >= 0.6 is 0 Å². The minimum atomic E-state index is -0.789. The lowest BCUT2D eigenvalue weighted by Gasteiger charge is -2.23. The third kappa shape index (κ3) is 4.00. The minimum Gasteiger partial charge on any atom is -0.339 e. The van der Waals surface area contributed by atoms with E-state index in [1.54, 1.807) is 24.3 Å². The molecule has 33 heavy (non-hydrogen) atoms. The van der Waals surface area contributed by atoms with Crippen LogP contribution in [0, 0.1) is 40.8 Å². The van der Waals surface area contributed by atoms with Crippen molar-refractivity contribution >= 4 is 17.5 Å². The van der Waals surface area contributed by atoms with Gasteiger partial charge in [0, 0.05) is 25.1 Å². The molecule has 170 valence electrons. The molecule has 2 amide bonds. The molecule has 1 aliphatic heterocycles. The molecular formula is C26H27FN4O2. The number of carbonyl (C=O) groups is 2. The van der Waals surface area contributed by atoms with Crippen molar-refractivity contribution in [2.75, 3.05) is 5.32 Å². The Hall–Kier alpha value is -3.24. The zero-order valence-corrected chi connectivity index (χ0v) is 18.6. The second-order valence-corrected chi connectivity index (χ2v) is 9.62. The average molecular weight is 447 g/mol. The first-order chi connectivity index (χ1) is 15.9.